The molecule has 0 aromatic carbocycles. The van der Waals surface area contributed by atoms with Crippen LogP contribution in [0.3, 0.4) is 0 Å². The van der Waals surface area contributed by atoms with E-state index < -0.39 is 17.9 Å². The average molecular weight is 265 g/mol. The number of hydrogen-bond donors (Lipinski definition) is 1. The highest BCUT2D eigenvalue weighted by molar-refractivity contribution is 5.79. The van der Waals surface area contributed by atoms with E-state index in [2.05, 4.69) is 5.10 Å². The summed E-state index contributed by atoms with van der Waals surface area (Å²) in [5, 5.41) is 13.6. The van der Waals surface area contributed by atoms with Gasteiger partial charge in [-0.25, -0.2) is 0 Å². The fourth-order valence-corrected chi connectivity index (χ4v) is 2.75. The molecule has 0 radical (unpaired) electrons. The van der Waals surface area contributed by atoms with E-state index in [4.69, 9.17) is 0 Å². The molecule has 1 aromatic rings. The quantitative estimate of drug-likeness (QED) is 0.893. The Labute approximate surface area is 112 Å². The first-order valence-electron chi connectivity index (χ1n) is 6.56. The lowest BCUT2D eigenvalue weighted by Gasteiger charge is -2.30. The maximum atomic E-state index is 12.0. The Kier molecular flexibility index (Phi) is 3.87. The average Bonchev–Trinajstić information content (AvgIpc) is 2.79. The normalized spacial score (nSPS) is 24.3. The zero-order valence-electron chi connectivity index (χ0n) is 11.2. The fraction of sp³-hybridized carbons (Fsp3) is 0.615. The monoisotopic (exact) mass is 265 g/mol. The van der Waals surface area contributed by atoms with Gasteiger partial charge in [-0.05, 0) is 25.8 Å². The summed E-state index contributed by atoms with van der Waals surface area (Å²) in [4.78, 5) is 25.1. The Morgan fingerprint density at radius 3 is 2.95 bits per heavy atom. The van der Waals surface area contributed by atoms with Gasteiger partial charge < -0.3 is 10.0 Å². The molecule has 2 unspecified atom stereocenters. The maximum absolute atomic E-state index is 12.0. The molecule has 19 heavy (non-hydrogen) atoms. The van der Waals surface area contributed by atoms with E-state index in [1.165, 1.54) is 0 Å². The van der Waals surface area contributed by atoms with Crippen molar-refractivity contribution in [1.82, 2.24) is 14.7 Å². The molecular formula is C13H19N3O3. The summed E-state index contributed by atoms with van der Waals surface area (Å²) in [6.07, 6.45) is 3.21. The molecule has 0 saturated carbocycles. The molecule has 2 rings (SSSR count). The SMILES string of the molecule is CCn1nccc1C1C(C(=O)O)CCCC(=O)N1C. The number of aryl methyl sites for hydroxylation is 1. The third-order valence-corrected chi connectivity index (χ3v) is 3.77. The van der Waals surface area contributed by atoms with Crippen LogP contribution in [0.2, 0.25) is 0 Å². The first kappa shape index (κ1) is 13.6. The highest BCUT2D eigenvalue weighted by atomic mass is 16.4. The number of carbonyl (C=O) groups excluding carboxylic acids is 1. The second kappa shape index (κ2) is 5.42. The minimum atomic E-state index is -0.851. The van der Waals surface area contributed by atoms with Crippen molar-refractivity contribution in [1.29, 1.82) is 0 Å². The lowest BCUT2D eigenvalue weighted by molar-refractivity contribution is -0.145. The number of carbonyl (C=O) groups is 2. The van der Waals surface area contributed by atoms with E-state index in [1.54, 1.807) is 28.9 Å². The van der Waals surface area contributed by atoms with E-state index >= 15 is 0 Å². The first-order chi connectivity index (χ1) is 9.06. The third kappa shape index (κ3) is 2.47. The van der Waals surface area contributed by atoms with E-state index in [0.29, 0.717) is 25.8 Å². The second-order valence-corrected chi connectivity index (χ2v) is 4.86. The second-order valence-electron chi connectivity index (χ2n) is 4.86. The Bertz CT molecular complexity index is 483. The molecule has 2 heterocycles. The molecule has 6 nitrogen and oxygen atoms in total. The molecule has 1 saturated heterocycles. The molecule has 1 aliphatic heterocycles. The molecule has 2 atom stereocenters. The summed E-state index contributed by atoms with van der Waals surface area (Å²) in [5.74, 6) is -1.42. The fourth-order valence-electron chi connectivity index (χ4n) is 2.75. The third-order valence-electron chi connectivity index (χ3n) is 3.77. The van der Waals surface area contributed by atoms with Gasteiger partial charge >= 0.3 is 5.97 Å². The Morgan fingerprint density at radius 1 is 1.58 bits per heavy atom. The molecule has 6 heteroatoms. The van der Waals surface area contributed by atoms with Crippen molar-refractivity contribution in [3.05, 3.63) is 18.0 Å². The molecule has 1 aliphatic rings. The molecule has 0 spiro atoms. The first-order valence-corrected chi connectivity index (χ1v) is 6.56. The lowest BCUT2D eigenvalue weighted by atomic mass is 9.92. The van der Waals surface area contributed by atoms with Gasteiger partial charge in [0.2, 0.25) is 5.91 Å². The van der Waals surface area contributed by atoms with Crippen LogP contribution in [0.15, 0.2) is 12.3 Å². The van der Waals surface area contributed by atoms with E-state index in [9.17, 15) is 14.7 Å². The van der Waals surface area contributed by atoms with Gasteiger partial charge in [-0.2, -0.15) is 5.10 Å². The number of nitrogens with zero attached hydrogens (tertiary/aromatic N) is 3. The van der Waals surface area contributed by atoms with Crippen LogP contribution < -0.4 is 0 Å². The number of carboxylic acids is 1. The van der Waals surface area contributed by atoms with E-state index in [0.717, 1.165) is 5.69 Å². The summed E-state index contributed by atoms with van der Waals surface area (Å²) in [6.45, 7) is 2.61. The van der Waals surface area contributed by atoms with Crippen LogP contribution in [0.1, 0.15) is 37.9 Å². The minimum Gasteiger partial charge on any atom is -0.481 e. The number of hydrogen-bond acceptors (Lipinski definition) is 3. The van der Waals surface area contributed by atoms with Crippen molar-refractivity contribution >= 4 is 11.9 Å². The smallest absolute Gasteiger partial charge is 0.309 e. The number of rotatable bonds is 3. The van der Waals surface area contributed by atoms with Crippen LogP contribution in [0.4, 0.5) is 0 Å². The van der Waals surface area contributed by atoms with Crippen molar-refractivity contribution in [2.75, 3.05) is 7.05 Å². The van der Waals surface area contributed by atoms with Crippen molar-refractivity contribution in [2.24, 2.45) is 5.92 Å². The van der Waals surface area contributed by atoms with Gasteiger partial charge in [0.1, 0.15) is 0 Å². The summed E-state index contributed by atoms with van der Waals surface area (Å²) in [5.41, 5.74) is 0.799. The van der Waals surface area contributed by atoms with Crippen LogP contribution in [-0.2, 0) is 16.1 Å². The highest BCUT2D eigenvalue weighted by Gasteiger charge is 2.38. The van der Waals surface area contributed by atoms with Gasteiger partial charge in [-0.3, -0.25) is 14.3 Å². The molecule has 1 N–H and O–H groups in total. The molecule has 0 bridgehead atoms. The molecule has 1 fully saturated rings. The standard InChI is InChI=1S/C13H19N3O3/c1-3-16-10(7-8-14-16)12-9(13(18)19)5-4-6-11(17)15(12)2/h7-9,12H,3-6H2,1-2H3,(H,18,19). The van der Waals surface area contributed by atoms with Gasteiger partial charge in [0, 0.05) is 26.2 Å². The minimum absolute atomic E-state index is 0.00222. The van der Waals surface area contributed by atoms with Crippen LogP contribution in [-0.4, -0.2) is 38.7 Å². The predicted molar refractivity (Wildman–Crippen MR) is 68.4 cm³/mol. The largest absolute Gasteiger partial charge is 0.481 e. The number of likely N-dealkylation sites (tertiary alicyclic amines) is 1. The van der Waals surface area contributed by atoms with Gasteiger partial charge in [-0.15, -0.1) is 0 Å². The Morgan fingerprint density at radius 2 is 2.32 bits per heavy atom. The molecule has 104 valence electrons. The zero-order chi connectivity index (χ0) is 14.0. The molecule has 1 aromatic heterocycles. The van der Waals surface area contributed by atoms with Gasteiger partial charge in [-0.1, -0.05) is 0 Å². The van der Waals surface area contributed by atoms with Crippen LogP contribution >= 0.6 is 0 Å². The van der Waals surface area contributed by atoms with Crippen molar-refractivity contribution in [3.8, 4) is 0 Å². The summed E-state index contributed by atoms with van der Waals surface area (Å²) in [7, 11) is 1.68. The number of carboxylic acid groups (broad SMARTS) is 1. The number of aromatic nitrogens is 2. The number of aliphatic carboxylic acids is 1. The molecule has 1 amide bonds. The lowest BCUT2D eigenvalue weighted by Crippen LogP contribution is -2.37. The van der Waals surface area contributed by atoms with Crippen molar-refractivity contribution in [3.63, 3.8) is 0 Å². The molecule has 0 aliphatic carbocycles. The number of amides is 1. The summed E-state index contributed by atoms with van der Waals surface area (Å²) >= 11 is 0. The highest BCUT2D eigenvalue weighted by Crippen LogP contribution is 2.34. The van der Waals surface area contributed by atoms with Crippen LogP contribution in [0.25, 0.3) is 0 Å². The topological polar surface area (TPSA) is 75.4 Å². The summed E-state index contributed by atoms with van der Waals surface area (Å²) < 4.78 is 1.76. The predicted octanol–water partition coefficient (Wildman–Crippen LogP) is 1.29. The Balaban J connectivity index is 2.44. The zero-order valence-corrected chi connectivity index (χ0v) is 11.2. The van der Waals surface area contributed by atoms with E-state index in [-0.39, 0.29) is 5.91 Å². The van der Waals surface area contributed by atoms with Gasteiger partial charge in [0.25, 0.3) is 0 Å². The van der Waals surface area contributed by atoms with Crippen LogP contribution in [0, 0.1) is 5.92 Å². The van der Waals surface area contributed by atoms with Gasteiger partial charge in [0.15, 0.2) is 0 Å². The Hall–Kier alpha value is -1.85. The van der Waals surface area contributed by atoms with Crippen LogP contribution in [0.5, 0.6) is 0 Å². The molecular weight excluding hydrogens is 246 g/mol. The van der Waals surface area contributed by atoms with Gasteiger partial charge in [0.05, 0.1) is 17.7 Å². The summed E-state index contributed by atoms with van der Waals surface area (Å²) in [6, 6.07) is 1.37. The van der Waals surface area contributed by atoms with E-state index in [1.807, 2.05) is 6.92 Å². The van der Waals surface area contributed by atoms with Crippen molar-refractivity contribution in [2.45, 2.75) is 38.8 Å². The maximum Gasteiger partial charge on any atom is 0.309 e. The van der Waals surface area contributed by atoms with Crippen molar-refractivity contribution < 1.29 is 14.7 Å².